The van der Waals surface area contributed by atoms with Crippen LogP contribution in [0.3, 0.4) is 0 Å². The Morgan fingerprint density at radius 1 is 1.39 bits per heavy atom. The van der Waals surface area contributed by atoms with Gasteiger partial charge in [0.05, 0.1) is 23.5 Å². The van der Waals surface area contributed by atoms with Crippen molar-refractivity contribution in [3.63, 3.8) is 0 Å². The molecule has 2 rings (SSSR count). The molecule has 0 aromatic heterocycles. The molecule has 1 N–H and O–H groups in total. The van der Waals surface area contributed by atoms with E-state index < -0.39 is 39.7 Å². The van der Waals surface area contributed by atoms with E-state index in [2.05, 4.69) is 5.32 Å². The third-order valence-electron chi connectivity index (χ3n) is 3.55. The van der Waals surface area contributed by atoms with Gasteiger partial charge >= 0.3 is 5.97 Å². The number of sulfone groups is 1. The van der Waals surface area contributed by atoms with Gasteiger partial charge in [-0.25, -0.2) is 12.8 Å². The highest BCUT2D eigenvalue weighted by Crippen LogP contribution is 2.22. The Kier molecular flexibility index (Phi) is 5.03. The predicted molar refractivity (Wildman–Crippen MR) is 80.9 cm³/mol. The third-order valence-corrected chi connectivity index (χ3v) is 5.45. The number of ether oxygens (including phenoxy) is 1. The van der Waals surface area contributed by atoms with Crippen LogP contribution in [0.5, 0.6) is 0 Å². The fraction of sp³-hybridized carbons (Fsp3) is 0.467. The molecule has 6 nitrogen and oxygen atoms in total. The van der Waals surface area contributed by atoms with Gasteiger partial charge in [0.15, 0.2) is 16.4 Å². The van der Waals surface area contributed by atoms with Crippen molar-refractivity contribution in [2.45, 2.75) is 25.3 Å². The standard InChI is InChI=1S/C15H18FNO5S/c1-15(5-6-23(20,21)10-15)17-13(18)9-22-14(19)8-11-3-2-4-12(16)7-11/h2-4,7H,5-6,8-10H2,1H3,(H,17,18)/t15-/m1/s1. The van der Waals surface area contributed by atoms with E-state index >= 15 is 0 Å². The van der Waals surface area contributed by atoms with Gasteiger partial charge in [0, 0.05) is 0 Å². The van der Waals surface area contributed by atoms with Gasteiger partial charge in [0.1, 0.15) is 5.82 Å². The van der Waals surface area contributed by atoms with Crippen LogP contribution < -0.4 is 5.32 Å². The molecule has 126 valence electrons. The number of hydrogen-bond donors (Lipinski definition) is 1. The summed E-state index contributed by atoms with van der Waals surface area (Å²) in [6, 6.07) is 5.53. The van der Waals surface area contributed by atoms with E-state index in [-0.39, 0.29) is 17.9 Å². The smallest absolute Gasteiger partial charge is 0.310 e. The lowest BCUT2D eigenvalue weighted by Gasteiger charge is -2.23. The summed E-state index contributed by atoms with van der Waals surface area (Å²) in [6.45, 7) is 1.15. The lowest BCUT2D eigenvalue weighted by molar-refractivity contribution is -0.148. The van der Waals surface area contributed by atoms with Crippen LogP contribution in [0.2, 0.25) is 0 Å². The normalized spacial score (nSPS) is 22.5. The van der Waals surface area contributed by atoms with Crippen molar-refractivity contribution in [1.29, 1.82) is 0 Å². The largest absolute Gasteiger partial charge is 0.455 e. The second-order valence-corrected chi connectivity index (χ2v) is 8.10. The maximum atomic E-state index is 13.0. The predicted octanol–water partition coefficient (Wildman–Crippen LogP) is 0.605. The molecule has 1 aliphatic heterocycles. The molecule has 0 spiro atoms. The topological polar surface area (TPSA) is 89.5 Å². The molecule has 0 radical (unpaired) electrons. The number of amides is 1. The van der Waals surface area contributed by atoms with Crippen LogP contribution in [0, 0.1) is 5.82 Å². The zero-order valence-corrected chi connectivity index (χ0v) is 13.5. The van der Waals surface area contributed by atoms with Gasteiger partial charge in [0.25, 0.3) is 5.91 Å². The van der Waals surface area contributed by atoms with Crippen molar-refractivity contribution in [3.05, 3.63) is 35.6 Å². The van der Waals surface area contributed by atoms with Crippen molar-refractivity contribution in [2.75, 3.05) is 18.1 Å². The summed E-state index contributed by atoms with van der Waals surface area (Å²) in [7, 11) is -3.13. The van der Waals surface area contributed by atoms with Crippen LogP contribution >= 0.6 is 0 Å². The molecule has 1 amide bonds. The second-order valence-electron chi connectivity index (χ2n) is 5.92. The summed E-state index contributed by atoms with van der Waals surface area (Å²) in [6.07, 6.45) is 0.189. The lowest BCUT2D eigenvalue weighted by atomic mass is 10.0. The summed E-state index contributed by atoms with van der Waals surface area (Å²) in [4.78, 5) is 23.4. The SMILES string of the molecule is C[C@@]1(NC(=O)COC(=O)Cc2cccc(F)c2)CCS(=O)(=O)C1. The first-order valence-electron chi connectivity index (χ1n) is 7.09. The molecule has 23 heavy (non-hydrogen) atoms. The van der Waals surface area contributed by atoms with Crippen LogP contribution in [-0.2, 0) is 30.6 Å². The Bertz CT molecular complexity index is 718. The minimum Gasteiger partial charge on any atom is -0.455 e. The molecule has 1 saturated heterocycles. The fourth-order valence-corrected chi connectivity index (χ4v) is 4.59. The Labute approximate surface area is 133 Å². The van der Waals surface area contributed by atoms with Gasteiger partial charge in [-0.05, 0) is 31.0 Å². The van der Waals surface area contributed by atoms with E-state index in [1.165, 1.54) is 18.2 Å². The number of carbonyl (C=O) groups excluding carboxylic acids is 2. The first-order chi connectivity index (χ1) is 10.7. The van der Waals surface area contributed by atoms with Crippen molar-refractivity contribution >= 4 is 21.7 Å². The Balaban J connectivity index is 1.79. The van der Waals surface area contributed by atoms with Crippen LogP contribution in [0.1, 0.15) is 18.9 Å². The number of esters is 1. The number of halogens is 1. The van der Waals surface area contributed by atoms with Crippen LogP contribution in [-0.4, -0.2) is 43.9 Å². The van der Waals surface area contributed by atoms with Crippen molar-refractivity contribution < 1.29 is 27.1 Å². The summed E-state index contributed by atoms with van der Waals surface area (Å²) in [5, 5.41) is 2.58. The van der Waals surface area contributed by atoms with Gasteiger partial charge in [-0.3, -0.25) is 9.59 Å². The van der Waals surface area contributed by atoms with Gasteiger partial charge < -0.3 is 10.1 Å². The molecule has 8 heteroatoms. The maximum Gasteiger partial charge on any atom is 0.310 e. The first-order valence-corrected chi connectivity index (χ1v) is 8.91. The zero-order chi connectivity index (χ0) is 17.1. The van der Waals surface area contributed by atoms with Crippen molar-refractivity contribution in [1.82, 2.24) is 5.32 Å². The first kappa shape index (κ1) is 17.4. The molecule has 1 fully saturated rings. The highest BCUT2D eigenvalue weighted by Gasteiger charge is 2.39. The molecule has 1 heterocycles. The average molecular weight is 343 g/mol. The maximum absolute atomic E-state index is 13.0. The average Bonchev–Trinajstić information content (AvgIpc) is 2.70. The highest BCUT2D eigenvalue weighted by atomic mass is 32.2. The Morgan fingerprint density at radius 3 is 2.74 bits per heavy atom. The molecule has 0 saturated carbocycles. The number of hydrogen-bond acceptors (Lipinski definition) is 5. The second kappa shape index (κ2) is 6.66. The molecule has 0 bridgehead atoms. The molecule has 1 atom stereocenters. The van der Waals surface area contributed by atoms with Crippen molar-refractivity contribution in [3.8, 4) is 0 Å². The number of benzene rings is 1. The molecule has 1 aromatic carbocycles. The summed E-state index contributed by atoms with van der Waals surface area (Å²) in [5.41, 5.74) is -0.380. The van der Waals surface area contributed by atoms with Gasteiger partial charge in [-0.1, -0.05) is 12.1 Å². The molecule has 1 aliphatic rings. The Morgan fingerprint density at radius 2 is 2.13 bits per heavy atom. The third kappa shape index (κ3) is 5.31. The van der Waals surface area contributed by atoms with E-state index in [0.29, 0.717) is 12.0 Å². The van der Waals surface area contributed by atoms with E-state index in [1.54, 1.807) is 13.0 Å². The van der Waals surface area contributed by atoms with Crippen LogP contribution in [0.25, 0.3) is 0 Å². The van der Waals surface area contributed by atoms with Gasteiger partial charge in [-0.2, -0.15) is 0 Å². The molecule has 0 aliphatic carbocycles. The molecular formula is C15H18FNO5S. The van der Waals surface area contributed by atoms with Gasteiger partial charge in [-0.15, -0.1) is 0 Å². The van der Waals surface area contributed by atoms with E-state index in [4.69, 9.17) is 4.74 Å². The minimum absolute atomic E-state index is 0.0309. The van der Waals surface area contributed by atoms with E-state index in [9.17, 15) is 22.4 Å². The lowest BCUT2D eigenvalue weighted by Crippen LogP contribution is -2.48. The summed E-state index contributed by atoms with van der Waals surface area (Å²) < 4.78 is 40.7. The zero-order valence-electron chi connectivity index (χ0n) is 12.7. The molecule has 1 aromatic rings. The fourth-order valence-electron chi connectivity index (χ4n) is 2.49. The summed E-state index contributed by atoms with van der Waals surface area (Å²) >= 11 is 0. The number of nitrogens with one attached hydrogen (secondary N) is 1. The van der Waals surface area contributed by atoms with Crippen LogP contribution in [0.15, 0.2) is 24.3 Å². The highest BCUT2D eigenvalue weighted by molar-refractivity contribution is 7.91. The summed E-state index contributed by atoms with van der Waals surface area (Å²) in [5.74, 6) is -1.76. The molecule has 0 unspecified atom stereocenters. The van der Waals surface area contributed by atoms with Crippen LogP contribution in [0.4, 0.5) is 4.39 Å². The Hall–Kier alpha value is -1.96. The van der Waals surface area contributed by atoms with Gasteiger partial charge in [0.2, 0.25) is 0 Å². The minimum atomic E-state index is -3.13. The van der Waals surface area contributed by atoms with Crippen molar-refractivity contribution in [2.24, 2.45) is 0 Å². The quantitative estimate of drug-likeness (QED) is 0.791. The number of rotatable bonds is 5. The molecular weight excluding hydrogens is 325 g/mol. The van der Waals surface area contributed by atoms with E-state index in [1.807, 2.05) is 0 Å². The number of carbonyl (C=O) groups is 2. The monoisotopic (exact) mass is 343 g/mol. The van der Waals surface area contributed by atoms with E-state index in [0.717, 1.165) is 0 Å².